The maximum atomic E-state index is 13.2. The standard InChI is InChI=1S/C25H29F5N4O4/c1-5-7-33(3)14-24(2,36)16-6-8-34-17(12-31-20(34)11-16)15-9-18(37-4)21(19(10-15)38-23(26)27)22(35)32-13-25(28,29)30/h6,8-12,23,36H,5,7,13-14H2,1-4H3,(H,32,35). The van der Waals surface area contributed by atoms with E-state index < -0.39 is 42.2 Å². The van der Waals surface area contributed by atoms with E-state index in [1.165, 1.54) is 12.3 Å². The van der Waals surface area contributed by atoms with Crippen molar-refractivity contribution in [2.45, 2.75) is 38.7 Å². The molecule has 0 aliphatic heterocycles. The predicted molar refractivity (Wildman–Crippen MR) is 130 cm³/mol. The van der Waals surface area contributed by atoms with Gasteiger partial charge in [0.1, 0.15) is 29.3 Å². The summed E-state index contributed by atoms with van der Waals surface area (Å²) >= 11 is 0. The van der Waals surface area contributed by atoms with Gasteiger partial charge in [-0.2, -0.15) is 22.0 Å². The number of carbonyl (C=O) groups is 1. The highest BCUT2D eigenvalue weighted by molar-refractivity contribution is 6.00. The van der Waals surface area contributed by atoms with Gasteiger partial charge in [0.2, 0.25) is 0 Å². The largest absolute Gasteiger partial charge is 0.496 e. The third-order valence-electron chi connectivity index (χ3n) is 5.79. The van der Waals surface area contributed by atoms with Crippen LogP contribution in [0.3, 0.4) is 0 Å². The van der Waals surface area contributed by atoms with Crippen molar-refractivity contribution in [3.05, 3.63) is 47.8 Å². The van der Waals surface area contributed by atoms with Crippen LogP contribution in [0, 0.1) is 0 Å². The van der Waals surface area contributed by atoms with Gasteiger partial charge in [-0.25, -0.2) is 4.98 Å². The van der Waals surface area contributed by atoms with Gasteiger partial charge in [-0.3, -0.25) is 9.20 Å². The van der Waals surface area contributed by atoms with Crippen molar-refractivity contribution in [1.82, 2.24) is 19.6 Å². The van der Waals surface area contributed by atoms with Crippen LogP contribution >= 0.6 is 0 Å². The lowest BCUT2D eigenvalue weighted by Crippen LogP contribution is -2.37. The number of pyridine rings is 1. The highest BCUT2D eigenvalue weighted by Gasteiger charge is 2.31. The van der Waals surface area contributed by atoms with Crippen LogP contribution in [0.15, 0.2) is 36.7 Å². The highest BCUT2D eigenvalue weighted by Crippen LogP contribution is 2.37. The molecule has 0 radical (unpaired) electrons. The quantitative estimate of drug-likeness (QED) is 0.347. The fourth-order valence-electron chi connectivity index (χ4n) is 4.19. The number of alkyl halides is 5. The summed E-state index contributed by atoms with van der Waals surface area (Å²) in [6.07, 6.45) is -0.691. The van der Waals surface area contributed by atoms with Crippen LogP contribution in [-0.4, -0.2) is 71.9 Å². The van der Waals surface area contributed by atoms with Crippen molar-refractivity contribution in [2.75, 3.05) is 33.8 Å². The number of aliphatic hydroxyl groups is 1. The van der Waals surface area contributed by atoms with Crippen LogP contribution in [0.4, 0.5) is 22.0 Å². The topological polar surface area (TPSA) is 88.3 Å². The molecule has 0 bridgehead atoms. The molecule has 1 amide bonds. The molecule has 2 heterocycles. The molecule has 2 N–H and O–H groups in total. The zero-order chi connectivity index (χ0) is 28.3. The monoisotopic (exact) mass is 544 g/mol. The van der Waals surface area contributed by atoms with Crippen molar-refractivity contribution in [3.63, 3.8) is 0 Å². The Morgan fingerprint density at radius 1 is 1.24 bits per heavy atom. The van der Waals surface area contributed by atoms with Gasteiger partial charge in [0.25, 0.3) is 5.91 Å². The molecule has 1 atom stereocenters. The average molecular weight is 545 g/mol. The number of nitrogens with one attached hydrogen (secondary N) is 1. The molecule has 3 rings (SSSR count). The average Bonchev–Trinajstić information content (AvgIpc) is 3.24. The van der Waals surface area contributed by atoms with E-state index in [4.69, 9.17) is 4.74 Å². The van der Waals surface area contributed by atoms with Crippen molar-refractivity contribution < 1.29 is 41.3 Å². The number of halogens is 5. The van der Waals surface area contributed by atoms with E-state index in [-0.39, 0.29) is 11.3 Å². The van der Waals surface area contributed by atoms with Crippen LogP contribution in [-0.2, 0) is 5.60 Å². The molecule has 3 aromatic rings. The molecule has 0 aliphatic rings. The normalized spacial score (nSPS) is 13.7. The maximum Gasteiger partial charge on any atom is 0.405 e. The maximum absolute atomic E-state index is 13.2. The Morgan fingerprint density at radius 3 is 2.53 bits per heavy atom. The van der Waals surface area contributed by atoms with E-state index in [2.05, 4.69) is 9.72 Å². The third-order valence-corrected chi connectivity index (χ3v) is 5.79. The van der Waals surface area contributed by atoms with Gasteiger partial charge in [0.05, 0.1) is 24.6 Å². The van der Waals surface area contributed by atoms with Crippen molar-refractivity contribution in [3.8, 4) is 22.8 Å². The number of benzene rings is 1. The second-order valence-electron chi connectivity index (χ2n) is 9.03. The number of amides is 1. The molecule has 0 spiro atoms. The minimum absolute atomic E-state index is 0.250. The first-order valence-corrected chi connectivity index (χ1v) is 11.7. The fraction of sp³-hybridized carbons (Fsp3) is 0.440. The smallest absolute Gasteiger partial charge is 0.405 e. The number of nitrogens with zero attached hydrogens (tertiary/aromatic N) is 3. The molecule has 8 nitrogen and oxygen atoms in total. The lowest BCUT2D eigenvalue weighted by Gasteiger charge is -2.29. The Kier molecular flexibility index (Phi) is 8.82. The minimum atomic E-state index is -4.71. The Hall–Kier alpha value is -3.45. The zero-order valence-corrected chi connectivity index (χ0v) is 21.3. The van der Waals surface area contributed by atoms with E-state index in [1.54, 1.807) is 35.0 Å². The van der Waals surface area contributed by atoms with Crippen molar-refractivity contribution in [1.29, 1.82) is 0 Å². The molecular formula is C25H29F5N4O4. The Balaban J connectivity index is 2.04. The number of carbonyl (C=O) groups excluding carboxylic acids is 1. The molecule has 1 aromatic carbocycles. The Bertz CT molecular complexity index is 1280. The molecule has 0 aliphatic carbocycles. The van der Waals surface area contributed by atoms with Crippen LogP contribution in [0.5, 0.6) is 11.5 Å². The van der Waals surface area contributed by atoms with Gasteiger partial charge in [0.15, 0.2) is 0 Å². The van der Waals surface area contributed by atoms with Crippen LogP contribution in [0.25, 0.3) is 16.9 Å². The van der Waals surface area contributed by atoms with E-state index in [0.717, 1.165) is 26.1 Å². The van der Waals surface area contributed by atoms with Gasteiger partial charge in [-0.15, -0.1) is 0 Å². The van der Waals surface area contributed by atoms with Gasteiger partial charge in [-0.1, -0.05) is 6.92 Å². The molecule has 0 saturated carbocycles. The first-order chi connectivity index (χ1) is 17.8. The number of rotatable bonds is 11. The fourth-order valence-corrected chi connectivity index (χ4v) is 4.19. The number of hydrogen-bond acceptors (Lipinski definition) is 6. The number of ether oxygens (including phenoxy) is 2. The first kappa shape index (κ1) is 29.1. The van der Waals surface area contributed by atoms with E-state index >= 15 is 0 Å². The Labute approximate surface area is 216 Å². The van der Waals surface area contributed by atoms with Gasteiger partial charge in [-0.05, 0) is 56.8 Å². The summed E-state index contributed by atoms with van der Waals surface area (Å²) in [5.41, 5.74) is -0.0815. The van der Waals surface area contributed by atoms with Crippen LogP contribution in [0.2, 0.25) is 0 Å². The zero-order valence-electron chi connectivity index (χ0n) is 21.3. The number of aromatic nitrogens is 2. The molecule has 1 unspecified atom stereocenters. The lowest BCUT2D eigenvalue weighted by atomic mass is 9.96. The second kappa shape index (κ2) is 11.5. The van der Waals surface area contributed by atoms with Crippen LogP contribution in [0.1, 0.15) is 36.2 Å². The van der Waals surface area contributed by atoms with Crippen molar-refractivity contribution in [2.24, 2.45) is 0 Å². The number of imidazole rings is 1. The SMILES string of the molecule is CCCN(C)CC(C)(O)c1ccn2c(-c3cc(OC)c(C(=O)NCC(F)(F)F)c(OC(F)F)c3)cnc2c1. The first-order valence-electron chi connectivity index (χ1n) is 11.7. The summed E-state index contributed by atoms with van der Waals surface area (Å²) in [5, 5.41) is 12.7. The summed E-state index contributed by atoms with van der Waals surface area (Å²) in [7, 11) is 3.05. The minimum Gasteiger partial charge on any atom is -0.496 e. The summed E-state index contributed by atoms with van der Waals surface area (Å²) in [6, 6.07) is 5.80. The van der Waals surface area contributed by atoms with E-state index in [1.807, 2.05) is 18.9 Å². The summed E-state index contributed by atoms with van der Waals surface area (Å²) in [5.74, 6) is -2.23. The second-order valence-corrected chi connectivity index (χ2v) is 9.03. The third kappa shape index (κ3) is 6.90. The summed E-state index contributed by atoms with van der Waals surface area (Å²) in [4.78, 5) is 18.8. The lowest BCUT2D eigenvalue weighted by molar-refractivity contribution is -0.123. The molecule has 0 saturated heterocycles. The molecule has 0 fully saturated rings. The molecule has 2 aromatic heterocycles. The summed E-state index contributed by atoms with van der Waals surface area (Å²) in [6.45, 7) is -0.108. The van der Waals surface area contributed by atoms with E-state index in [0.29, 0.717) is 23.4 Å². The molecule has 38 heavy (non-hydrogen) atoms. The number of methoxy groups -OCH3 is 1. The van der Waals surface area contributed by atoms with E-state index in [9.17, 15) is 31.9 Å². The van der Waals surface area contributed by atoms with Gasteiger partial charge < -0.3 is 24.8 Å². The number of hydrogen-bond donors (Lipinski definition) is 2. The van der Waals surface area contributed by atoms with Crippen LogP contribution < -0.4 is 14.8 Å². The molecule has 208 valence electrons. The van der Waals surface area contributed by atoms with Gasteiger partial charge >= 0.3 is 12.8 Å². The Morgan fingerprint density at radius 2 is 1.92 bits per heavy atom. The van der Waals surface area contributed by atoms with Gasteiger partial charge in [0, 0.05) is 18.3 Å². The highest BCUT2D eigenvalue weighted by atomic mass is 19.4. The molecular weight excluding hydrogens is 515 g/mol. The van der Waals surface area contributed by atoms with Crippen molar-refractivity contribution >= 4 is 11.6 Å². The number of fused-ring (bicyclic) bond motifs is 1. The summed E-state index contributed by atoms with van der Waals surface area (Å²) < 4.78 is 75.4. The number of likely N-dealkylation sites (N-methyl/N-ethyl adjacent to an activating group) is 1. The predicted octanol–water partition coefficient (Wildman–Crippen LogP) is 4.45. The molecule has 13 heteroatoms.